The SMILES string of the molecule is O=C(Cc1cc(F)c(F)cc1F)NC1CCCCC1O. The molecule has 1 aromatic carbocycles. The highest BCUT2D eigenvalue weighted by Crippen LogP contribution is 2.19. The first-order chi connectivity index (χ1) is 9.47. The maximum atomic E-state index is 13.4. The summed E-state index contributed by atoms with van der Waals surface area (Å²) in [7, 11) is 0. The van der Waals surface area contributed by atoms with E-state index in [2.05, 4.69) is 5.32 Å². The van der Waals surface area contributed by atoms with E-state index in [1.54, 1.807) is 0 Å². The number of benzene rings is 1. The molecule has 6 heteroatoms. The van der Waals surface area contributed by atoms with Gasteiger partial charge in [-0.3, -0.25) is 4.79 Å². The summed E-state index contributed by atoms with van der Waals surface area (Å²) in [5, 5.41) is 12.3. The maximum Gasteiger partial charge on any atom is 0.224 e. The molecule has 1 aromatic rings. The second kappa shape index (κ2) is 6.26. The molecule has 0 bridgehead atoms. The number of rotatable bonds is 3. The van der Waals surface area contributed by atoms with Crippen LogP contribution in [0.4, 0.5) is 13.2 Å². The van der Waals surface area contributed by atoms with Crippen LogP contribution in [0.2, 0.25) is 0 Å². The third-order valence-electron chi connectivity index (χ3n) is 3.52. The van der Waals surface area contributed by atoms with E-state index in [-0.39, 0.29) is 18.0 Å². The first kappa shape index (κ1) is 14.8. The van der Waals surface area contributed by atoms with Gasteiger partial charge in [-0.25, -0.2) is 13.2 Å². The molecule has 0 aromatic heterocycles. The Kier molecular flexibility index (Phi) is 4.65. The van der Waals surface area contributed by atoms with Gasteiger partial charge in [0.15, 0.2) is 11.6 Å². The molecule has 110 valence electrons. The second-order valence-corrected chi connectivity index (χ2v) is 5.06. The number of carbonyl (C=O) groups is 1. The molecule has 1 fully saturated rings. The zero-order valence-corrected chi connectivity index (χ0v) is 10.8. The van der Waals surface area contributed by atoms with Crippen LogP contribution in [0.5, 0.6) is 0 Å². The lowest BCUT2D eigenvalue weighted by Gasteiger charge is -2.28. The molecular formula is C14H16F3NO2. The van der Waals surface area contributed by atoms with Gasteiger partial charge in [0, 0.05) is 11.6 Å². The lowest BCUT2D eigenvalue weighted by molar-refractivity contribution is -0.122. The van der Waals surface area contributed by atoms with Gasteiger partial charge < -0.3 is 10.4 Å². The van der Waals surface area contributed by atoms with Crippen LogP contribution in [0.1, 0.15) is 31.2 Å². The summed E-state index contributed by atoms with van der Waals surface area (Å²) in [4.78, 5) is 11.8. The first-order valence-electron chi connectivity index (χ1n) is 6.58. The number of hydrogen-bond acceptors (Lipinski definition) is 2. The number of hydrogen-bond donors (Lipinski definition) is 2. The molecule has 2 N–H and O–H groups in total. The molecule has 20 heavy (non-hydrogen) atoms. The Morgan fingerprint density at radius 1 is 1.15 bits per heavy atom. The van der Waals surface area contributed by atoms with Crippen molar-refractivity contribution in [2.75, 3.05) is 0 Å². The van der Waals surface area contributed by atoms with Crippen LogP contribution in [-0.4, -0.2) is 23.2 Å². The molecule has 2 unspecified atom stereocenters. The minimum Gasteiger partial charge on any atom is -0.391 e. The summed E-state index contributed by atoms with van der Waals surface area (Å²) >= 11 is 0. The average molecular weight is 287 g/mol. The van der Waals surface area contributed by atoms with E-state index in [0.29, 0.717) is 25.0 Å². The van der Waals surface area contributed by atoms with Crippen LogP contribution in [0.25, 0.3) is 0 Å². The molecule has 0 aliphatic heterocycles. The summed E-state index contributed by atoms with van der Waals surface area (Å²) < 4.78 is 39.2. The first-order valence-corrected chi connectivity index (χ1v) is 6.58. The summed E-state index contributed by atoms with van der Waals surface area (Å²) in [5.41, 5.74) is -0.202. The summed E-state index contributed by atoms with van der Waals surface area (Å²) in [6.07, 6.45) is 2.10. The summed E-state index contributed by atoms with van der Waals surface area (Å²) in [5.74, 6) is -3.94. The zero-order chi connectivity index (χ0) is 14.7. The fraction of sp³-hybridized carbons (Fsp3) is 0.500. The van der Waals surface area contributed by atoms with E-state index < -0.39 is 29.5 Å². The predicted molar refractivity (Wildman–Crippen MR) is 66.4 cm³/mol. The van der Waals surface area contributed by atoms with Crippen LogP contribution in [0, 0.1) is 17.5 Å². The fourth-order valence-electron chi connectivity index (χ4n) is 2.41. The van der Waals surface area contributed by atoms with Gasteiger partial charge in [-0.05, 0) is 18.9 Å². The quantitative estimate of drug-likeness (QED) is 0.836. The van der Waals surface area contributed by atoms with Crippen molar-refractivity contribution >= 4 is 5.91 Å². The Morgan fingerprint density at radius 3 is 2.50 bits per heavy atom. The molecule has 1 saturated carbocycles. The van der Waals surface area contributed by atoms with Gasteiger partial charge in [-0.15, -0.1) is 0 Å². The van der Waals surface area contributed by atoms with Gasteiger partial charge in [-0.2, -0.15) is 0 Å². The molecule has 1 aliphatic rings. The highest BCUT2D eigenvalue weighted by molar-refractivity contribution is 5.79. The van der Waals surface area contributed by atoms with E-state index in [1.807, 2.05) is 0 Å². The van der Waals surface area contributed by atoms with Gasteiger partial charge in [0.1, 0.15) is 5.82 Å². The van der Waals surface area contributed by atoms with Crippen LogP contribution >= 0.6 is 0 Å². The summed E-state index contributed by atoms with van der Waals surface area (Å²) in [6.45, 7) is 0. The van der Waals surface area contributed by atoms with Crippen LogP contribution in [0.3, 0.4) is 0 Å². The van der Waals surface area contributed by atoms with Crippen molar-refractivity contribution in [2.45, 2.75) is 44.2 Å². The number of amides is 1. The molecule has 3 nitrogen and oxygen atoms in total. The standard InChI is InChI=1S/C14H16F3NO2/c15-9-7-11(17)10(16)5-8(9)6-14(20)18-12-3-1-2-4-13(12)19/h5,7,12-13,19H,1-4,6H2,(H,18,20). The van der Waals surface area contributed by atoms with Gasteiger partial charge in [0.25, 0.3) is 0 Å². The number of carbonyl (C=O) groups excluding carboxylic acids is 1. The van der Waals surface area contributed by atoms with Crippen LogP contribution < -0.4 is 5.32 Å². The van der Waals surface area contributed by atoms with Crippen molar-refractivity contribution in [3.05, 3.63) is 35.1 Å². The average Bonchev–Trinajstić information content (AvgIpc) is 2.39. The van der Waals surface area contributed by atoms with E-state index in [0.717, 1.165) is 12.8 Å². The Balaban J connectivity index is 1.99. The molecular weight excluding hydrogens is 271 g/mol. The normalized spacial score (nSPS) is 22.6. The van der Waals surface area contributed by atoms with Gasteiger partial charge in [-0.1, -0.05) is 12.8 Å². The number of aliphatic hydroxyl groups excluding tert-OH is 1. The molecule has 0 heterocycles. The lowest BCUT2D eigenvalue weighted by atomic mass is 9.92. The predicted octanol–water partition coefficient (Wildman–Crippen LogP) is 2.07. The number of aliphatic hydroxyl groups is 1. The van der Waals surface area contributed by atoms with Crippen LogP contribution in [-0.2, 0) is 11.2 Å². The number of nitrogens with one attached hydrogen (secondary N) is 1. The molecule has 0 spiro atoms. The fourth-order valence-corrected chi connectivity index (χ4v) is 2.41. The highest BCUT2D eigenvalue weighted by Gasteiger charge is 2.24. The minimum absolute atomic E-state index is 0.202. The molecule has 0 radical (unpaired) electrons. The lowest BCUT2D eigenvalue weighted by Crippen LogP contribution is -2.45. The summed E-state index contributed by atoms with van der Waals surface area (Å²) in [6, 6.07) is 0.749. The zero-order valence-electron chi connectivity index (χ0n) is 10.8. The smallest absolute Gasteiger partial charge is 0.224 e. The van der Waals surface area contributed by atoms with Crippen molar-refractivity contribution in [3.63, 3.8) is 0 Å². The molecule has 2 rings (SSSR count). The van der Waals surface area contributed by atoms with E-state index in [1.165, 1.54) is 0 Å². The molecule has 2 atom stereocenters. The van der Waals surface area contributed by atoms with Crippen molar-refractivity contribution in [3.8, 4) is 0 Å². The van der Waals surface area contributed by atoms with Crippen molar-refractivity contribution in [1.29, 1.82) is 0 Å². The Labute approximate surface area is 114 Å². The number of halogens is 3. The Hall–Kier alpha value is -1.56. The minimum atomic E-state index is -1.28. The topological polar surface area (TPSA) is 49.3 Å². The Bertz CT molecular complexity index is 507. The highest BCUT2D eigenvalue weighted by atomic mass is 19.2. The van der Waals surface area contributed by atoms with Gasteiger partial charge >= 0.3 is 0 Å². The van der Waals surface area contributed by atoms with Gasteiger partial charge in [0.05, 0.1) is 18.6 Å². The monoisotopic (exact) mass is 287 g/mol. The molecule has 1 aliphatic carbocycles. The van der Waals surface area contributed by atoms with Crippen molar-refractivity contribution < 1.29 is 23.1 Å². The van der Waals surface area contributed by atoms with Gasteiger partial charge in [0.2, 0.25) is 5.91 Å². The van der Waals surface area contributed by atoms with Crippen molar-refractivity contribution in [2.24, 2.45) is 0 Å². The van der Waals surface area contributed by atoms with E-state index in [4.69, 9.17) is 0 Å². The molecule has 1 amide bonds. The van der Waals surface area contributed by atoms with E-state index in [9.17, 15) is 23.1 Å². The van der Waals surface area contributed by atoms with E-state index >= 15 is 0 Å². The Morgan fingerprint density at radius 2 is 1.80 bits per heavy atom. The third-order valence-corrected chi connectivity index (χ3v) is 3.52. The molecule has 0 saturated heterocycles. The largest absolute Gasteiger partial charge is 0.391 e. The maximum absolute atomic E-state index is 13.4. The van der Waals surface area contributed by atoms with Crippen molar-refractivity contribution in [1.82, 2.24) is 5.32 Å². The third kappa shape index (κ3) is 3.50. The second-order valence-electron chi connectivity index (χ2n) is 5.06. The van der Waals surface area contributed by atoms with Crippen LogP contribution in [0.15, 0.2) is 12.1 Å².